The molecule has 3 rings (SSSR count). The van der Waals surface area contributed by atoms with Gasteiger partial charge in [0.05, 0.1) is 0 Å². The highest BCUT2D eigenvalue weighted by molar-refractivity contribution is 7.84. The van der Waals surface area contributed by atoms with Gasteiger partial charge >= 0.3 is 0 Å². The van der Waals surface area contributed by atoms with Crippen molar-refractivity contribution in [2.75, 3.05) is 31.3 Å². The topological polar surface area (TPSA) is 40.6 Å². The van der Waals surface area contributed by atoms with E-state index in [1.165, 1.54) is 24.9 Å². The van der Waals surface area contributed by atoms with Gasteiger partial charge in [0.1, 0.15) is 0 Å². The molecule has 0 radical (unpaired) electrons. The summed E-state index contributed by atoms with van der Waals surface area (Å²) in [6.07, 6.45) is 5.50. The summed E-state index contributed by atoms with van der Waals surface area (Å²) in [5, 5.41) is 0. The average molecular weight is 371 g/mol. The van der Waals surface area contributed by atoms with Gasteiger partial charge in [0.25, 0.3) is 5.91 Å². The number of hydrogen-bond donors (Lipinski definition) is 0. The lowest BCUT2D eigenvalue weighted by atomic mass is 10.1. The Bertz CT molecular complexity index is 766. The molecule has 1 atom stereocenters. The number of anilines is 1. The Kier molecular flexibility index (Phi) is 6.09. The fourth-order valence-corrected chi connectivity index (χ4v) is 3.84. The minimum Gasteiger partial charge on any atom is -0.372 e. The average Bonchev–Trinajstić information content (AvgIpc) is 2.68. The Morgan fingerprint density at radius 2 is 1.62 bits per heavy atom. The molecular weight excluding hydrogens is 344 g/mol. The van der Waals surface area contributed by atoms with Crippen molar-refractivity contribution in [2.24, 2.45) is 0 Å². The van der Waals surface area contributed by atoms with E-state index in [0.29, 0.717) is 12.1 Å². The lowest BCUT2D eigenvalue weighted by molar-refractivity contribution is 0.0785. The molecule has 0 bridgehead atoms. The van der Waals surface area contributed by atoms with Gasteiger partial charge < -0.3 is 9.80 Å². The van der Waals surface area contributed by atoms with E-state index in [1.54, 1.807) is 35.4 Å². The maximum Gasteiger partial charge on any atom is 0.253 e. The Balaban J connectivity index is 1.62. The first kappa shape index (κ1) is 18.6. The second-order valence-electron chi connectivity index (χ2n) is 6.85. The summed E-state index contributed by atoms with van der Waals surface area (Å²) in [7, 11) is 0.786. The van der Waals surface area contributed by atoms with E-state index in [0.717, 1.165) is 23.5 Å². The van der Waals surface area contributed by atoms with E-state index in [1.807, 2.05) is 7.05 Å². The van der Waals surface area contributed by atoms with Gasteiger partial charge in [-0.25, -0.2) is 0 Å². The zero-order chi connectivity index (χ0) is 18.5. The lowest BCUT2D eigenvalue weighted by Crippen LogP contribution is -2.29. The quantitative estimate of drug-likeness (QED) is 0.806. The van der Waals surface area contributed by atoms with E-state index in [9.17, 15) is 9.00 Å². The van der Waals surface area contributed by atoms with Gasteiger partial charge in [-0.2, -0.15) is 0 Å². The maximum atomic E-state index is 12.6. The van der Waals surface area contributed by atoms with E-state index >= 15 is 0 Å². The summed E-state index contributed by atoms with van der Waals surface area (Å²) in [5.41, 5.74) is 3.00. The minimum absolute atomic E-state index is 0.0291. The molecule has 0 saturated carbocycles. The summed E-state index contributed by atoms with van der Waals surface area (Å²) in [6.45, 7) is 2.84. The molecule has 2 aromatic carbocycles. The molecule has 26 heavy (non-hydrogen) atoms. The normalized spacial score (nSPS) is 15.5. The Hall–Kier alpha value is -2.14. The summed E-state index contributed by atoms with van der Waals surface area (Å²) < 4.78 is 11.5. The van der Waals surface area contributed by atoms with Gasteiger partial charge in [0, 0.05) is 59.9 Å². The van der Waals surface area contributed by atoms with Crippen molar-refractivity contribution in [3.05, 3.63) is 59.7 Å². The van der Waals surface area contributed by atoms with Crippen LogP contribution in [-0.4, -0.2) is 41.4 Å². The molecule has 5 heteroatoms. The smallest absolute Gasteiger partial charge is 0.253 e. The molecule has 0 aromatic heterocycles. The van der Waals surface area contributed by atoms with Gasteiger partial charge in [-0.15, -0.1) is 0 Å². The second-order valence-corrected chi connectivity index (χ2v) is 8.23. The van der Waals surface area contributed by atoms with Crippen LogP contribution >= 0.6 is 0 Å². The molecule has 4 nitrogen and oxygen atoms in total. The lowest BCUT2D eigenvalue weighted by Gasteiger charge is -2.29. The van der Waals surface area contributed by atoms with E-state index < -0.39 is 10.8 Å². The van der Waals surface area contributed by atoms with Crippen molar-refractivity contribution in [3.63, 3.8) is 0 Å². The summed E-state index contributed by atoms with van der Waals surface area (Å²) in [6, 6.07) is 15.5. The van der Waals surface area contributed by atoms with Crippen LogP contribution in [0.2, 0.25) is 0 Å². The number of hydrogen-bond acceptors (Lipinski definition) is 3. The Morgan fingerprint density at radius 3 is 2.19 bits per heavy atom. The van der Waals surface area contributed by atoms with Crippen molar-refractivity contribution in [1.29, 1.82) is 0 Å². The van der Waals surface area contributed by atoms with Crippen molar-refractivity contribution in [1.82, 2.24) is 4.90 Å². The third-order valence-electron chi connectivity index (χ3n) is 4.86. The van der Waals surface area contributed by atoms with Crippen LogP contribution in [0.3, 0.4) is 0 Å². The number of nitrogens with zero attached hydrogens (tertiary/aromatic N) is 2. The fourth-order valence-electron chi connectivity index (χ4n) is 3.32. The SMILES string of the molecule is CN(Cc1ccc(N2CCCCC2)cc1)C(=O)c1ccc(S(C)=O)cc1. The molecule has 1 saturated heterocycles. The molecule has 2 aromatic rings. The molecule has 1 fully saturated rings. The highest BCUT2D eigenvalue weighted by Gasteiger charge is 2.14. The Labute approximate surface area is 158 Å². The molecular formula is C21H26N2O2S. The van der Waals surface area contributed by atoms with Gasteiger partial charge in [0.15, 0.2) is 0 Å². The fraction of sp³-hybridized carbons (Fsp3) is 0.381. The van der Waals surface area contributed by atoms with Crippen molar-refractivity contribution in [2.45, 2.75) is 30.7 Å². The van der Waals surface area contributed by atoms with E-state index in [-0.39, 0.29) is 5.91 Å². The van der Waals surface area contributed by atoms with Crippen LogP contribution < -0.4 is 4.90 Å². The first-order valence-electron chi connectivity index (χ1n) is 9.07. The standard InChI is InChI=1S/C21H26N2O2S/c1-22(21(24)18-8-12-20(13-9-18)26(2)25)16-17-6-10-19(11-7-17)23-14-4-3-5-15-23/h6-13H,3-5,14-16H2,1-2H3. The highest BCUT2D eigenvalue weighted by atomic mass is 32.2. The molecule has 0 aliphatic carbocycles. The third kappa shape index (κ3) is 4.52. The van der Waals surface area contributed by atoms with Crippen LogP contribution in [0, 0.1) is 0 Å². The maximum absolute atomic E-state index is 12.6. The molecule has 138 valence electrons. The van der Waals surface area contributed by atoms with Gasteiger partial charge in [-0.1, -0.05) is 12.1 Å². The summed E-state index contributed by atoms with van der Waals surface area (Å²) in [5.74, 6) is -0.0291. The van der Waals surface area contributed by atoms with Gasteiger partial charge in [0.2, 0.25) is 0 Å². The highest BCUT2D eigenvalue weighted by Crippen LogP contribution is 2.21. The zero-order valence-electron chi connectivity index (χ0n) is 15.5. The largest absolute Gasteiger partial charge is 0.372 e. The first-order chi connectivity index (χ1) is 12.5. The van der Waals surface area contributed by atoms with Gasteiger partial charge in [-0.05, 0) is 61.2 Å². The minimum atomic E-state index is -1.03. The molecule has 1 aliphatic heterocycles. The number of benzene rings is 2. The molecule has 1 heterocycles. The Morgan fingerprint density at radius 1 is 1.00 bits per heavy atom. The third-order valence-corrected chi connectivity index (χ3v) is 5.79. The second kappa shape index (κ2) is 8.49. The van der Waals surface area contributed by atoms with Crippen molar-refractivity contribution >= 4 is 22.4 Å². The predicted octanol–water partition coefficient (Wildman–Crippen LogP) is 3.69. The summed E-state index contributed by atoms with van der Waals surface area (Å²) in [4.78, 5) is 17.5. The van der Waals surface area contributed by atoms with E-state index in [4.69, 9.17) is 0 Å². The monoisotopic (exact) mass is 370 g/mol. The number of carbonyl (C=O) groups is 1. The molecule has 1 amide bonds. The van der Waals surface area contributed by atoms with Crippen LogP contribution in [-0.2, 0) is 17.3 Å². The van der Waals surface area contributed by atoms with Crippen LogP contribution in [0.25, 0.3) is 0 Å². The van der Waals surface area contributed by atoms with E-state index in [2.05, 4.69) is 29.2 Å². The molecule has 1 aliphatic rings. The molecule has 0 spiro atoms. The van der Waals surface area contributed by atoms with Crippen LogP contribution in [0.5, 0.6) is 0 Å². The van der Waals surface area contributed by atoms with Crippen molar-refractivity contribution in [3.8, 4) is 0 Å². The van der Waals surface area contributed by atoms with Crippen LogP contribution in [0.15, 0.2) is 53.4 Å². The van der Waals surface area contributed by atoms with Gasteiger partial charge in [-0.3, -0.25) is 9.00 Å². The molecule has 1 unspecified atom stereocenters. The van der Waals surface area contributed by atoms with Crippen molar-refractivity contribution < 1.29 is 9.00 Å². The predicted molar refractivity (Wildman–Crippen MR) is 107 cm³/mol. The number of piperidine rings is 1. The molecule has 0 N–H and O–H groups in total. The van der Waals surface area contributed by atoms with Crippen LogP contribution in [0.4, 0.5) is 5.69 Å². The van der Waals surface area contributed by atoms with Crippen LogP contribution in [0.1, 0.15) is 35.2 Å². The first-order valence-corrected chi connectivity index (χ1v) is 10.6. The number of amides is 1. The zero-order valence-corrected chi connectivity index (χ0v) is 16.3. The number of rotatable bonds is 5. The summed E-state index contributed by atoms with van der Waals surface area (Å²) >= 11 is 0. The number of carbonyl (C=O) groups excluding carboxylic acids is 1.